The standard InChI is InChI=1S/C51H63N7O17/c1-23(52-34(60)11-13-58-35(61)9-10-36(58)62)48(68)53-24(2)49(69)54-27-19-56(20-27)42(33-21-55(22-37(73-5)75-33)30-12-14-74-25(3)43(30)63)26-17-57(18-26)50(70)51(71)15-29-38(31(59)16-51)46(66)41-40(45(29)65)44(64)28-7-6-8-32(72-4)39(28)47(41)67/h6-10,23-27,30-31,33,37,42-43,59,63,65-66,71H,11-22H2,1-5H3,(H,52,60)(H,53,68)(H,54,69)/t23-,24-,25-,30-,31-,33?,37-,42?,43+,51-/m0/s1. The summed E-state index contributed by atoms with van der Waals surface area (Å²) in [5, 5.41) is 66.2. The summed E-state index contributed by atoms with van der Waals surface area (Å²) in [5.41, 5.74) is -4.10. The zero-order valence-electron chi connectivity index (χ0n) is 42.1. The molecule has 10 atom stereocenters. The van der Waals surface area contributed by atoms with Crippen molar-refractivity contribution >= 4 is 47.0 Å². The fraction of sp³-hybridized carbons (Fsp3) is 0.569. The highest BCUT2D eigenvalue weighted by Gasteiger charge is 2.55. The number of nitrogens with one attached hydrogen (secondary N) is 3. The number of nitrogens with zero attached hydrogens (tertiary/aromatic N) is 4. The van der Waals surface area contributed by atoms with E-state index in [9.17, 15) is 63.9 Å². The fourth-order valence-electron chi connectivity index (χ4n) is 11.7. The number of carbonyl (C=O) groups is 8. The number of methoxy groups -OCH3 is 2. The summed E-state index contributed by atoms with van der Waals surface area (Å²) < 4.78 is 23.4. The number of ketones is 2. The topological polar surface area (TPSA) is 324 Å². The molecule has 0 spiro atoms. The molecule has 4 fully saturated rings. The van der Waals surface area contributed by atoms with E-state index in [2.05, 4.69) is 25.8 Å². The molecule has 4 saturated heterocycles. The summed E-state index contributed by atoms with van der Waals surface area (Å²) >= 11 is 0. The van der Waals surface area contributed by atoms with Crippen LogP contribution in [0.5, 0.6) is 17.2 Å². The maximum Gasteiger partial charge on any atom is 0.255 e. The van der Waals surface area contributed by atoms with Gasteiger partial charge in [0.1, 0.15) is 34.9 Å². The molecule has 404 valence electrons. The summed E-state index contributed by atoms with van der Waals surface area (Å²) in [6.45, 7) is 6.60. The van der Waals surface area contributed by atoms with Crippen molar-refractivity contribution in [2.45, 2.75) is 113 Å². The molecule has 5 heterocycles. The van der Waals surface area contributed by atoms with E-state index >= 15 is 0 Å². The van der Waals surface area contributed by atoms with E-state index in [0.29, 0.717) is 39.2 Å². The van der Waals surface area contributed by atoms with Crippen LogP contribution in [-0.4, -0.2) is 219 Å². The number of ether oxygens (including phenoxy) is 4. The van der Waals surface area contributed by atoms with Gasteiger partial charge < -0.3 is 65.3 Å². The zero-order valence-corrected chi connectivity index (χ0v) is 42.1. The number of likely N-dealkylation sites (tertiary alicyclic amines) is 2. The van der Waals surface area contributed by atoms with Crippen LogP contribution >= 0.6 is 0 Å². The van der Waals surface area contributed by atoms with Crippen molar-refractivity contribution in [3.8, 4) is 17.2 Å². The molecular formula is C51H63N7O17. The van der Waals surface area contributed by atoms with E-state index in [-0.39, 0.29) is 72.1 Å². The lowest BCUT2D eigenvalue weighted by Crippen LogP contribution is -2.73. The third-order valence-electron chi connectivity index (χ3n) is 15.7. The molecule has 0 aromatic heterocycles. The smallest absolute Gasteiger partial charge is 0.255 e. The number of rotatable bonds is 15. The zero-order chi connectivity index (χ0) is 53.9. The Balaban J connectivity index is 0.874. The van der Waals surface area contributed by atoms with Gasteiger partial charge in [-0.1, -0.05) is 12.1 Å². The van der Waals surface area contributed by atoms with Crippen molar-refractivity contribution in [3.63, 3.8) is 0 Å². The number of aliphatic hydroxyl groups excluding tert-OH is 2. The van der Waals surface area contributed by atoms with Crippen LogP contribution in [0.25, 0.3) is 0 Å². The minimum Gasteiger partial charge on any atom is -0.507 e. The highest BCUT2D eigenvalue weighted by atomic mass is 16.7. The molecule has 8 N–H and O–H groups in total. The molecule has 9 rings (SSSR count). The Kier molecular flexibility index (Phi) is 14.9. The third kappa shape index (κ3) is 9.89. The maximum atomic E-state index is 14.5. The number of imide groups is 1. The van der Waals surface area contributed by atoms with Crippen LogP contribution in [0, 0.1) is 5.92 Å². The number of hydrogen-bond donors (Lipinski definition) is 8. The van der Waals surface area contributed by atoms with Gasteiger partial charge in [-0.15, -0.1) is 0 Å². The lowest BCUT2D eigenvalue weighted by atomic mass is 9.72. The number of hydrogen-bond acceptors (Lipinski definition) is 19. The predicted octanol–water partition coefficient (Wildman–Crippen LogP) is -2.24. The van der Waals surface area contributed by atoms with E-state index in [4.69, 9.17) is 18.9 Å². The van der Waals surface area contributed by atoms with E-state index in [1.165, 1.54) is 51.2 Å². The number of benzene rings is 2. The van der Waals surface area contributed by atoms with Gasteiger partial charge in [0, 0.05) is 126 Å². The molecule has 7 aliphatic rings. The Bertz CT molecular complexity index is 2710. The monoisotopic (exact) mass is 1050 g/mol. The molecule has 5 aliphatic heterocycles. The van der Waals surface area contributed by atoms with Crippen molar-refractivity contribution < 1.29 is 82.8 Å². The summed E-state index contributed by atoms with van der Waals surface area (Å²) in [7, 11) is 2.83. The van der Waals surface area contributed by atoms with Crippen LogP contribution in [0.4, 0.5) is 0 Å². The molecule has 24 nitrogen and oxygen atoms in total. The van der Waals surface area contributed by atoms with E-state index in [0.717, 1.165) is 17.1 Å². The quantitative estimate of drug-likeness (QED) is 0.0589. The average molecular weight is 1050 g/mol. The number of aromatic hydroxyl groups is 2. The second-order valence-corrected chi connectivity index (χ2v) is 20.6. The molecular weight excluding hydrogens is 983 g/mol. The van der Waals surface area contributed by atoms with Gasteiger partial charge in [-0.05, 0) is 33.3 Å². The highest BCUT2D eigenvalue weighted by molar-refractivity contribution is 6.31. The van der Waals surface area contributed by atoms with Crippen LogP contribution in [-0.2, 0) is 49.4 Å². The molecule has 24 heteroatoms. The Hall–Kier alpha value is -6.38. The first-order valence-electron chi connectivity index (χ1n) is 25.1. The number of fused-ring (bicyclic) bond motifs is 3. The van der Waals surface area contributed by atoms with Crippen LogP contribution < -0.4 is 20.7 Å². The van der Waals surface area contributed by atoms with Crippen molar-refractivity contribution in [2.24, 2.45) is 5.92 Å². The Morgan fingerprint density at radius 3 is 2.23 bits per heavy atom. The lowest BCUT2D eigenvalue weighted by Gasteiger charge is -2.57. The molecule has 2 aromatic rings. The van der Waals surface area contributed by atoms with Crippen molar-refractivity contribution in [1.29, 1.82) is 0 Å². The van der Waals surface area contributed by atoms with Gasteiger partial charge in [0.2, 0.25) is 23.5 Å². The number of aliphatic hydroxyl groups is 3. The molecule has 6 amide bonds. The summed E-state index contributed by atoms with van der Waals surface area (Å²) in [6.07, 6.45) is -2.88. The van der Waals surface area contributed by atoms with Crippen molar-refractivity contribution in [3.05, 3.63) is 63.7 Å². The largest absolute Gasteiger partial charge is 0.507 e. The minimum absolute atomic E-state index is 0.0681. The predicted molar refractivity (Wildman–Crippen MR) is 258 cm³/mol. The van der Waals surface area contributed by atoms with E-state index in [1.54, 1.807) is 0 Å². The first-order valence-corrected chi connectivity index (χ1v) is 25.1. The van der Waals surface area contributed by atoms with E-state index in [1.807, 2.05) is 6.92 Å². The van der Waals surface area contributed by atoms with Gasteiger partial charge in [0.15, 0.2) is 12.1 Å². The summed E-state index contributed by atoms with van der Waals surface area (Å²) in [4.78, 5) is 111. The Labute approximate surface area is 430 Å². The van der Waals surface area contributed by atoms with Crippen LogP contribution in [0.2, 0.25) is 0 Å². The van der Waals surface area contributed by atoms with Crippen LogP contribution in [0.3, 0.4) is 0 Å². The normalized spacial score (nSPS) is 28.3. The van der Waals surface area contributed by atoms with Gasteiger partial charge in [-0.3, -0.25) is 53.1 Å². The number of phenolic OH excluding ortho intramolecular Hbond substituents is 2. The lowest BCUT2D eigenvalue weighted by molar-refractivity contribution is -0.241. The third-order valence-corrected chi connectivity index (χ3v) is 15.7. The van der Waals surface area contributed by atoms with Gasteiger partial charge in [-0.25, -0.2) is 0 Å². The summed E-state index contributed by atoms with van der Waals surface area (Å²) in [5.74, 6) is -6.88. The van der Waals surface area contributed by atoms with Gasteiger partial charge in [-0.2, -0.15) is 0 Å². The Morgan fingerprint density at radius 2 is 1.55 bits per heavy atom. The minimum atomic E-state index is -2.32. The first kappa shape index (κ1) is 53.4. The SMILES string of the molecule is COc1cccc2c1C(=O)c1c(O)c3c(c(O)c1C2=O)C[C@@](O)(C(=O)N1CC(C(C2CN([C@H]4CCO[C@@H](C)[C@H]4O)C[C@@H](OC)O2)N2CC(NC(=O)[C@H](C)NC(=O)[C@H](C)NC(=O)CCN4C(=O)C=CC4=O)C2)C1)C[C@@H]3O. The average Bonchev–Trinajstić information content (AvgIpc) is 3.70. The van der Waals surface area contributed by atoms with Crippen LogP contribution in [0.15, 0.2) is 30.4 Å². The number of amides is 6. The second-order valence-electron chi connectivity index (χ2n) is 20.6. The van der Waals surface area contributed by atoms with Gasteiger partial charge >= 0.3 is 0 Å². The van der Waals surface area contributed by atoms with Crippen molar-refractivity contribution in [2.75, 3.05) is 66.6 Å². The molecule has 2 aliphatic carbocycles. The molecule has 0 bridgehead atoms. The number of carbonyl (C=O) groups excluding carboxylic acids is 8. The molecule has 0 saturated carbocycles. The molecule has 2 unspecified atom stereocenters. The molecule has 2 aromatic carbocycles. The van der Waals surface area contributed by atoms with Crippen molar-refractivity contribution in [1.82, 2.24) is 35.6 Å². The fourth-order valence-corrected chi connectivity index (χ4v) is 11.7. The number of phenols is 2. The number of morpholine rings is 1. The van der Waals surface area contributed by atoms with Gasteiger partial charge in [0.05, 0.1) is 54.3 Å². The van der Waals surface area contributed by atoms with Crippen LogP contribution in [0.1, 0.15) is 89.1 Å². The van der Waals surface area contributed by atoms with E-state index < -0.39 is 137 Å². The Morgan fingerprint density at radius 1 is 0.867 bits per heavy atom. The summed E-state index contributed by atoms with van der Waals surface area (Å²) in [6, 6.07) is 1.20. The first-order chi connectivity index (χ1) is 35.6. The highest BCUT2D eigenvalue weighted by Crippen LogP contribution is 2.51. The molecule has 0 radical (unpaired) electrons. The van der Waals surface area contributed by atoms with Gasteiger partial charge in [0.25, 0.3) is 17.7 Å². The molecule has 75 heavy (non-hydrogen) atoms. The second kappa shape index (κ2) is 21.0. The maximum absolute atomic E-state index is 14.5.